The number of hydrogen-bond acceptors (Lipinski definition) is 7. The molecule has 0 saturated carbocycles. The third-order valence-corrected chi connectivity index (χ3v) is 15.5. The van der Waals surface area contributed by atoms with Crippen molar-refractivity contribution in [3.8, 4) is 0 Å². The van der Waals surface area contributed by atoms with Crippen LogP contribution in [0, 0.1) is 0 Å². The Balaban J connectivity index is 4.14. The van der Waals surface area contributed by atoms with Gasteiger partial charge >= 0.3 is 17.9 Å². The molecule has 0 radical (unpaired) electrons. The van der Waals surface area contributed by atoms with Crippen LogP contribution in [0.1, 0.15) is 284 Å². The number of aliphatic carboxylic acids is 1. The summed E-state index contributed by atoms with van der Waals surface area (Å²) in [4.78, 5) is 37.7. The molecule has 0 aromatic rings. The molecule has 2 unspecified atom stereocenters. The van der Waals surface area contributed by atoms with E-state index in [-0.39, 0.29) is 38.6 Å². The third-order valence-electron chi connectivity index (χ3n) is 15.5. The molecule has 0 aromatic heterocycles. The second kappa shape index (κ2) is 72.5. The van der Waals surface area contributed by atoms with Crippen LogP contribution in [0.4, 0.5) is 0 Å². The molecule has 93 heavy (non-hydrogen) atoms. The highest BCUT2D eigenvalue weighted by Gasteiger charge is 2.25. The van der Waals surface area contributed by atoms with Crippen LogP contribution in [-0.2, 0) is 33.3 Å². The summed E-state index contributed by atoms with van der Waals surface area (Å²) in [5, 5.41) is 9.77. The highest BCUT2D eigenvalue weighted by atomic mass is 16.7. The molecule has 0 fully saturated rings. The standard InChI is InChI=1S/C84H137NO8/c1-6-8-10-12-14-16-18-20-22-24-26-28-30-32-34-36-38-40-41-43-45-47-49-51-53-55-57-59-61-63-65-67-69-71-73-75-82(87)93-80(79-92-84(83(88)89)90-77-76-85(3,4)5)78-91-81(86)74-72-70-68-66-64-62-60-58-56-54-52-50-48-46-44-42-39-37-35-33-31-29-27-25-23-21-19-17-15-13-11-9-7-2/h8-11,14-17,20-23,26-29,32-35,38-40,42-43,45-46,48,80,84H,6-7,12-13,18-19,24-25,30-31,36-37,41,44,47,49-79H2,1-5H3/p+1/b10-8-,11-9-,16-14-,17-15-,22-20-,23-21-,28-26-,29-27-,34-32-,35-33-,40-38-,42-39-,45-43-,48-46-. The molecule has 0 amide bonds. The van der Waals surface area contributed by atoms with Crippen LogP contribution in [0.3, 0.4) is 0 Å². The lowest BCUT2D eigenvalue weighted by Crippen LogP contribution is -2.40. The van der Waals surface area contributed by atoms with Crippen LogP contribution in [0.25, 0.3) is 0 Å². The minimum atomic E-state index is -1.52. The lowest BCUT2D eigenvalue weighted by Gasteiger charge is -2.25. The first-order valence-corrected chi connectivity index (χ1v) is 37.3. The number of ether oxygens (including phenoxy) is 4. The number of likely N-dealkylation sites (N-methyl/N-ethyl adjacent to an activating group) is 1. The Morgan fingerprint density at radius 3 is 0.860 bits per heavy atom. The van der Waals surface area contributed by atoms with E-state index in [9.17, 15) is 19.5 Å². The maximum absolute atomic E-state index is 13.0. The zero-order chi connectivity index (χ0) is 67.5. The first kappa shape index (κ1) is 87.7. The highest BCUT2D eigenvalue weighted by Crippen LogP contribution is 2.17. The summed E-state index contributed by atoms with van der Waals surface area (Å²) in [6.45, 7) is 4.64. The molecular formula is C84H138NO8+. The summed E-state index contributed by atoms with van der Waals surface area (Å²) >= 11 is 0. The van der Waals surface area contributed by atoms with E-state index < -0.39 is 24.3 Å². The van der Waals surface area contributed by atoms with Crippen molar-refractivity contribution in [2.24, 2.45) is 0 Å². The molecule has 9 heteroatoms. The summed E-state index contributed by atoms with van der Waals surface area (Å²) in [6.07, 6.45) is 106. The van der Waals surface area contributed by atoms with Gasteiger partial charge in [0, 0.05) is 12.8 Å². The molecule has 0 aliphatic carbocycles. The number of carboxylic acids is 1. The lowest BCUT2D eigenvalue weighted by atomic mass is 10.0. The van der Waals surface area contributed by atoms with Crippen LogP contribution in [0.2, 0.25) is 0 Å². The quantitative estimate of drug-likeness (QED) is 0.0211. The van der Waals surface area contributed by atoms with Crippen molar-refractivity contribution in [1.29, 1.82) is 0 Å². The Kier molecular flexibility index (Phi) is 68.3. The van der Waals surface area contributed by atoms with E-state index in [2.05, 4.69) is 184 Å². The first-order chi connectivity index (χ1) is 45.6. The zero-order valence-corrected chi connectivity index (χ0v) is 60.1. The van der Waals surface area contributed by atoms with Gasteiger partial charge in [-0.05, 0) is 128 Å². The number of carboxylic acid groups (broad SMARTS) is 1. The largest absolute Gasteiger partial charge is 0.477 e. The van der Waals surface area contributed by atoms with Gasteiger partial charge in [-0.3, -0.25) is 9.59 Å². The fourth-order valence-corrected chi connectivity index (χ4v) is 9.86. The van der Waals surface area contributed by atoms with Crippen molar-refractivity contribution >= 4 is 17.9 Å². The Labute approximate surface area is 571 Å². The predicted octanol–water partition coefficient (Wildman–Crippen LogP) is 23.8. The number of esters is 2. The molecule has 0 spiro atoms. The molecule has 526 valence electrons. The maximum Gasteiger partial charge on any atom is 0.361 e. The van der Waals surface area contributed by atoms with E-state index >= 15 is 0 Å². The molecule has 1 N–H and O–H groups in total. The molecule has 0 heterocycles. The summed E-state index contributed by atoms with van der Waals surface area (Å²) in [6, 6.07) is 0. The van der Waals surface area contributed by atoms with Gasteiger partial charge in [0.05, 0.1) is 34.4 Å². The number of unbranched alkanes of at least 4 members (excludes halogenated alkanes) is 24. The number of hydrogen-bond donors (Lipinski definition) is 1. The number of allylic oxidation sites excluding steroid dienone is 28. The topological polar surface area (TPSA) is 108 Å². The number of rotatable bonds is 67. The van der Waals surface area contributed by atoms with E-state index in [1.54, 1.807) is 0 Å². The van der Waals surface area contributed by atoms with E-state index in [0.717, 1.165) is 135 Å². The molecule has 9 nitrogen and oxygen atoms in total. The summed E-state index contributed by atoms with van der Waals surface area (Å²) in [7, 11) is 5.97. The van der Waals surface area contributed by atoms with Gasteiger partial charge in [0.2, 0.25) is 0 Å². The minimum Gasteiger partial charge on any atom is -0.477 e. The molecule has 0 rings (SSSR count). The molecule has 0 aromatic carbocycles. The van der Waals surface area contributed by atoms with Crippen molar-refractivity contribution in [3.05, 3.63) is 170 Å². The third kappa shape index (κ3) is 73.9. The first-order valence-electron chi connectivity index (χ1n) is 37.3. The maximum atomic E-state index is 13.0. The molecule has 0 aliphatic rings. The molecule has 2 atom stereocenters. The second-order valence-electron chi connectivity index (χ2n) is 25.5. The van der Waals surface area contributed by atoms with Gasteiger partial charge in [-0.2, -0.15) is 0 Å². The van der Waals surface area contributed by atoms with Crippen molar-refractivity contribution in [3.63, 3.8) is 0 Å². The fourth-order valence-electron chi connectivity index (χ4n) is 9.86. The van der Waals surface area contributed by atoms with Crippen LogP contribution in [0.5, 0.6) is 0 Å². The Hall–Kier alpha value is -5.35. The van der Waals surface area contributed by atoms with Crippen LogP contribution < -0.4 is 0 Å². The van der Waals surface area contributed by atoms with Gasteiger partial charge in [0.15, 0.2) is 6.10 Å². The van der Waals surface area contributed by atoms with Crippen LogP contribution >= 0.6 is 0 Å². The lowest BCUT2D eigenvalue weighted by molar-refractivity contribution is -0.870. The van der Waals surface area contributed by atoms with Crippen molar-refractivity contribution < 1.29 is 42.9 Å². The zero-order valence-electron chi connectivity index (χ0n) is 60.1. The van der Waals surface area contributed by atoms with Crippen LogP contribution in [0.15, 0.2) is 170 Å². The number of quaternary nitrogens is 1. The Morgan fingerprint density at radius 2 is 0.581 bits per heavy atom. The second-order valence-corrected chi connectivity index (χ2v) is 25.5. The van der Waals surface area contributed by atoms with E-state index in [1.165, 1.54) is 116 Å². The number of carbonyl (C=O) groups excluding carboxylic acids is 2. The molecule has 0 aliphatic heterocycles. The van der Waals surface area contributed by atoms with Crippen molar-refractivity contribution in [2.45, 2.75) is 296 Å². The van der Waals surface area contributed by atoms with Gasteiger partial charge in [0.25, 0.3) is 6.29 Å². The van der Waals surface area contributed by atoms with Crippen molar-refractivity contribution in [1.82, 2.24) is 0 Å². The Morgan fingerprint density at radius 1 is 0.323 bits per heavy atom. The van der Waals surface area contributed by atoms with Gasteiger partial charge in [0.1, 0.15) is 13.2 Å². The van der Waals surface area contributed by atoms with E-state index in [4.69, 9.17) is 18.9 Å². The minimum absolute atomic E-state index is 0.180. The van der Waals surface area contributed by atoms with Gasteiger partial charge in [-0.1, -0.05) is 312 Å². The molecular weight excluding hydrogens is 1150 g/mol. The van der Waals surface area contributed by atoms with Gasteiger partial charge in [-0.25, -0.2) is 4.79 Å². The van der Waals surface area contributed by atoms with E-state index in [1.807, 2.05) is 21.1 Å². The SMILES string of the molecule is CC/C=C\C/C=C\C/C=C\C/C=C\C/C=C\C/C=C\C/C=C\CCCCCCCCCCCCCCCC(=O)OC(COC(=O)CCCCCCCCCCCCC/C=C\C/C=C\C/C=C\C/C=C\C/C=C\C/C=C\C/C=C\CC)COC(OCC[N+](C)(C)C)C(=O)O. The predicted molar refractivity (Wildman–Crippen MR) is 400 cm³/mol. The fraction of sp³-hybridized carbons (Fsp3) is 0.631. The van der Waals surface area contributed by atoms with Gasteiger partial charge in [-0.15, -0.1) is 0 Å². The monoisotopic (exact) mass is 1290 g/mol. The normalized spacial score (nSPS) is 13.7. The summed E-state index contributed by atoms with van der Waals surface area (Å²) in [5.74, 6) is -2.02. The molecule has 0 bridgehead atoms. The molecule has 0 saturated heterocycles. The summed E-state index contributed by atoms with van der Waals surface area (Å²) < 4.78 is 23.0. The number of nitrogens with zero attached hydrogens (tertiary/aromatic N) is 1. The van der Waals surface area contributed by atoms with Crippen LogP contribution in [-0.4, -0.2) is 87.4 Å². The highest BCUT2D eigenvalue weighted by molar-refractivity contribution is 5.71. The smallest absolute Gasteiger partial charge is 0.361 e. The Bertz CT molecular complexity index is 2140. The average Bonchev–Trinajstić information content (AvgIpc) is 3.74. The summed E-state index contributed by atoms with van der Waals surface area (Å²) in [5.41, 5.74) is 0. The average molecular weight is 1290 g/mol. The van der Waals surface area contributed by atoms with Crippen molar-refractivity contribution in [2.75, 3.05) is 47.5 Å². The van der Waals surface area contributed by atoms with E-state index in [0.29, 0.717) is 17.4 Å². The number of carbonyl (C=O) groups is 3. The van der Waals surface area contributed by atoms with Gasteiger partial charge < -0.3 is 28.5 Å².